The van der Waals surface area contributed by atoms with Crippen molar-refractivity contribution in [3.8, 4) is 0 Å². The Morgan fingerprint density at radius 2 is 1.89 bits per heavy atom. The molecule has 9 heteroatoms. The maximum absolute atomic E-state index is 6.21. The summed E-state index contributed by atoms with van der Waals surface area (Å²) < 4.78 is 1.93. The van der Waals surface area contributed by atoms with Gasteiger partial charge in [-0.05, 0) is 5.56 Å². The Bertz CT molecular complexity index is 871. The number of aliphatic imine (C=N–C) groups is 1. The number of nitrogens with zero attached hydrogens (tertiary/aromatic N) is 6. The first-order valence-corrected chi connectivity index (χ1v) is 9.90. The molecule has 1 fully saturated rings. The lowest BCUT2D eigenvalue weighted by molar-refractivity contribution is 0.380. The second-order valence-electron chi connectivity index (χ2n) is 6.49. The third-order valence-corrected chi connectivity index (χ3v) is 5.42. The maximum Gasteiger partial charge on any atom is 0.191 e. The monoisotopic (exact) mass is 509 g/mol. The van der Waals surface area contributed by atoms with Crippen LogP contribution < -0.4 is 10.6 Å². The molecule has 148 valence electrons. The number of hydrogen-bond donors (Lipinski definition) is 1. The minimum absolute atomic E-state index is 0. The Morgan fingerprint density at radius 1 is 1.11 bits per heavy atom. The van der Waals surface area contributed by atoms with Crippen molar-refractivity contribution in [1.29, 1.82) is 0 Å². The molecule has 1 aliphatic rings. The van der Waals surface area contributed by atoms with Crippen LogP contribution in [0.2, 0.25) is 0 Å². The van der Waals surface area contributed by atoms with Crippen molar-refractivity contribution in [2.75, 3.05) is 31.1 Å². The van der Waals surface area contributed by atoms with E-state index in [2.05, 4.69) is 37.0 Å². The average molecular weight is 509 g/mol. The lowest BCUT2D eigenvalue weighted by Crippen LogP contribution is -2.51. The van der Waals surface area contributed by atoms with E-state index in [1.165, 1.54) is 5.56 Å². The molecule has 1 saturated heterocycles. The van der Waals surface area contributed by atoms with Crippen molar-refractivity contribution in [1.82, 2.24) is 19.7 Å². The van der Waals surface area contributed by atoms with Crippen molar-refractivity contribution in [3.63, 3.8) is 0 Å². The minimum atomic E-state index is 0. The van der Waals surface area contributed by atoms with Gasteiger partial charge >= 0.3 is 0 Å². The molecule has 2 aromatic heterocycles. The van der Waals surface area contributed by atoms with Crippen LogP contribution in [0.15, 0.2) is 59.3 Å². The molecule has 0 unspecified atom stereocenters. The number of guanidine groups is 1. The van der Waals surface area contributed by atoms with E-state index >= 15 is 0 Å². The van der Waals surface area contributed by atoms with Crippen molar-refractivity contribution < 1.29 is 0 Å². The number of hydrogen-bond acceptors (Lipinski definition) is 5. The SMILES string of the molecule is I.NC(=NCc1cnn(Cc2ccccc2)c1)N1CCN(c2nccs2)CC1. The Kier molecular flexibility index (Phi) is 7.26. The van der Waals surface area contributed by atoms with Crippen molar-refractivity contribution in [3.05, 3.63) is 65.4 Å². The number of anilines is 1. The predicted octanol–water partition coefficient (Wildman–Crippen LogP) is 2.64. The van der Waals surface area contributed by atoms with E-state index in [0.29, 0.717) is 12.5 Å². The average Bonchev–Trinajstić information content (AvgIpc) is 3.39. The van der Waals surface area contributed by atoms with E-state index in [1.807, 2.05) is 46.9 Å². The number of benzene rings is 1. The third kappa shape index (κ3) is 5.22. The smallest absolute Gasteiger partial charge is 0.191 e. The second kappa shape index (κ2) is 9.87. The fourth-order valence-electron chi connectivity index (χ4n) is 3.12. The Morgan fingerprint density at radius 3 is 2.61 bits per heavy atom. The first kappa shape index (κ1) is 20.6. The molecule has 0 bridgehead atoms. The van der Waals surface area contributed by atoms with E-state index in [4.69, 9.17) is 5.73 Å². The highest BCUT2D eigenvalue weighted by molar-refractivity contribution is 14.0. The maximum atomic E-state index is 6.21. The van der Waals surface area contributed by atoms with Crippen molar-refractivity contribution in [2.45, 2.75) is 13.1 Å². The largest absolute Gasteiger partial charge is 0.370 e. The van der Waals surface area contributed by atoms with Crippen molar-refractivity contribution >= 4 is 46.4 Å². The quantitative estimate of drug-likeness (QED) is 0.325. The highest BCUT2D eigenvalue weighted by Crippen LogP contribution is 2.18. The first-order chi connectivity index (χ1) is 13.3. The minimum Gasteiger partial charge on any atom is -0.370 e. The van der Waals surface area contributed by atoms with Crippen molar-refractivity contribution in [2.24, 2.45) is 10.7 Å². The standard InChI is InChI=1S/C19H23N7S.HI/c20-18(24-7-9-25(10-8-24)19-21-6-11-27-19)22-12-17-13-23-26(15-17)14-16-4-2-1-3-5-16;/h1-6,11,13,15H,7-10,12,14H2,(H2,20,22);1H. The molecule has 7 nitrogen and oxygen atoms in total. The van der Waals surface area contributed by atoms with Crippen LogP contribution in [0.25, 0.3) is 0 Å². The molecule has 0 radical (unpaired) electrons. The van der Waals surface area contributed by atoms with E-state index in [9.17, 15) is 0 Å². The number of nitrogens with two attached hydrogens (primary N) is 1. The van der Waals surface area contributed by atoms with Crippen LogP contribution >= 0.6 is 35.3 Å². The van der Waals surface area contributed by atoms with Crippen LogP contribution in [-0.2, 0) is 13.1 Å². The van der Waals surface area contributed by atoms with E-state index < -0.39 is 0 Å². The van der Waals surface area contributed by atoms with Crippen LogP contribution in [0, 0.1) is 0 Å². The molecule has 0 atom stereocenters. The predicted molar refractivity (Wildman–Crippen MR) is 124 cm³/mol. The third-order valence-electron chi connectivity index (χ3n) is 4.59. The van der Waals surface area contributed by atoms with E-state index in [-0.39, 0.29) is 24.0 Å². The zero-order valence-corrected chi connectivity index (χ0v) is 18.7. The van der Waals surface area contributed by atoms with Crippen LogP contribution in [0.1, 0.15) is 11.1 Å². The Labute approximate surface area is 185 Å². The molecule has 4 rings (SSSR count). The van der Waals surface area contributed by atoms with Gasteiger partial charge in [0, 0.05) is 49.5 Å². The van der Waals surface area contributed by atoms with Crippen LogP contribution in [0.4, 0.5) is 5.13 Å². The highest BCUT2D eigenvalue weighted by Gasteiger charge is 2.19. The lowest BCUT2D eigenvalue weighted by atomic mass is 10.2. The molecule has 0 spiro atoms. The number of piperazine rings is 1. The number of aromatic nitrogens is 3. The highest BCUT2D eigenvalue weighted by atomic mass is 127. The summed E-state index contributed by atoms with van der Waals surface area (Å²) in [6.45, 7) is 4.87. The summed E-state index contributed by atoms with van der Waals surface area (Å²) in [7, 11) is 0. The Hall–Kier alpha value is -2.14. The fourth-order valence-corrected chi connectivity index (χ4v) is 3.81. The first-order valence-electron chi connectivity index (χ1n) is 9.02. The molecule has 0 amide bonds. The summed E-state index contributed by atoms with van der Waals surface area (Å²) >= 11 is 1.67. The number of rotatable bonds is 5. The van der Waals surface area contributed by atoms with Gasteiger partial charge in [-0.25, -0.2) is 9.98 Å². The van der Waals surface area contributed by atoms with Gasteiger partial charge in [-0.2, -0.15) is 5.10 Å². The van der Waals surface area contributed by atoms with Crippen LogP contribution in [0.3, 0.4) is 0 Å². The summed E-state index contributed by atoms with van der Waals surface area (Å²) in [5, 5.41) is 7.51. The molecule has 0 aliphatic carbocycles. The van der Waals surface area contributed by atoms with Gasteiger partial charge in [-0.3, -0.25) is 4.68 Å². The molecule has 1 aliphatic heterocycles. The van der Waals surface area contributed by atoms with Crippen LogP contribution in [0.5, 0.6) is 0 Å². The van der Waals surface area contributed by atoms with Gasteiger partial charge in [-0.15, -0.1) is 35.3 Å². The molecular formula is C19H24IN7S. The van der Waals surface area contributed by atoms with Gasteiger partial charge in [0.2, 0.25) is 0 Å². The fraction of sp³-hybridized carbons (Fsp3) is 0.316. The van der Waals surface area contributed by atoms with Gasteiger partial charge in [0.25, 0.3) is 0 Å². The summed E-state index contributed by atoms with van der Waals surface area (Å²) in [4.78, 5) is 13.4. The van der Waals surface area contributed by atoms with Crippen LogP contribution in [-0.4, -0.2) is 51.8 Å². The molecule has 3 aromatic rings. The summed E-state index contributed by atoms with van der Waals surface area (Å²) in [6.07, 6.45) is 5.74. The van der Waals surface area contributed by atoms with Gasteiger partial charge in [0.15, 0.2) is 11.1 Å². The Balaban J connectivity index is 0.00000225. The lowest BCUT2D eigenvalue weighted by Gasteiger charge is -2.35. The van der Waals surface area contributed by atoms with Gasteiger partial charge in [0.1, 0.15) is 0 Å². The second-order valence-corrected chi connectivity index (χ2v) is 7.37. The molecule has 1 aromatic carbocycles. The summed E-state index contributed by atoms with van der Waals surface area (Å²) in [5.41, 5.74) is 8.50. The topological polar surface area (TPSA) is 75.6 Å². The molecule has 3 heterocycles. The van der Waals surface area contributed by atoms with E-state index in [0.717, 1.165) is 43.4 Å². The summed E-state index contributed by atoms with van der Waals surface area (Å²) in [5.74, 6) is 0.601. The number of thiazole rings is 1. The molecule has 2 N–H and O–H groups in total. The van der Waals surface area contributed by atoms with Gasteiger partial charge in [0.05, 0.1) is 19.3 Å². The zero-order valence-electron chi connectivity index (χ0n) is 15.5. The van der Waals surface area contributed by atoms with Gasteiger partial charge < -0.3 is 15.5 Å². The van der Waals surface area contributed by atoms with Gasteiger partial charge in [-0.1, -0.05) is 30.3 Å². The molecular weight excluding hydrogens is 485 g/mol. The molecule has 0 saturated carbocycles. The zero-order chi connectivity index (χ0) is 18.5. The normalized spacial score (nSPS) is 14.8. The summed E-state index contributed by atoms with van der Waals surface area (Å²) in [6, 6.07) is 10.3. The molecule has 28 heavy (non-hydrogen) atoms. The van der Waals surface area contributed by atoms with E-state index in [1.54, 1.807) is 11.3 Å². The number of halogens is 1.